The van der Waals surface area contributed by atoms with Crippen molar-refractivity contribution in [1.29, 1.82) is 5.26 Å². The van der Waals surface area contributed by atoms with Gasteiger partial charge in [-0.3, -0.25) is 18.3 Å². The molecule has 6 heteroatoms. The van der Waals surface area contributed by atoms with Crippen LogP contribution in [-0.4, -0.2) is 18.3 Å². The number of nitrogens with zero attached hydrogens (tertiary/aromatic N) is 6. The topological polar surface area (TPSA) is 47.9 Å². The zero-order chi connectivity index (χ0) is 49.0. The van der Waals surface area contributed by atoms with Crippen molar-refractivity contribution in [2.75, 3.05) is 0 Å². The van der Waals surface area contributed by atoms with Gasteiger partial charge in [0.2, 0.25) is 0 Å². The molecule has 0 fully saturated rings. The lowest BCUT2D eigenvalue weighted by molar-refractivity contribution is 1.07. The highest BCUT2D eigenvalue weighted by Gasteiger charge is 2.29. The van der Waals surface area contributed by atoms with Crippen LogP contribution in [0.15, 0.2) is 243 Å². The van der Waals surface area contributed by atoms with E-state index in [4.69, 9.17) is 6.57 Å². The lowest BCUT2D eigenvalue weighted by Gasteiger charge is -2.21. The van der Waals surface area contributed by atoms with Gasteiger partial charge in [-0.05, 0) is 99.4 Å². The lowest BCUT2D eigenvalue weighted by Crippen LogP contribution is -2.03. The molecule has 0 unspecified atom stereocenters. The van der Waals surface area contributed by atoms with Crippen molar-refractivity contribution < 1.29 is 0 Å². The van der Waals surface area contributed by atoms with E-state index in [0.717, 1.165) is 132 Å². The Balaban J connectivity index is 1.11. The van der Waals surface area contributed by atoms with Crippen molar-refractivity contribution in [3.63, 3.8) is 0 Å². The Morgan fingerprint density at radius 1 is 0.338 bits per heavy atom. The monoisotopic (exact) mass is 940 g/mol. The van der Waals surface area contributed by atoms with Crippen molar-refractivity contribution in [3.8, 4) is 51.1 Å². The normalized spacial score (nSPS) is 11.8. The van der Waals surface area contributed by atoms with Gasteiger partial charge in [-0.15, -0.1) is 0 Å². The standard InChI is InChI=1S/C68H40N6/c1-70-44-21-17-27-48(41-44)74-66-56(35-19-37-58(66)64-54-33-13-15-39-60(54)72(68(64)74)46-24-6-3-7-25-46)62-51-30-10-8-28-49(51)61(50-29-9-11-31-52(50)62)55-34-18-36-57-63-53-32-12-14-38-59(53)71(45-22-4-2-5-23-45)67(63)73(65(55)57)47-26-16-20-43(40-47)42-69/h2-41H. The molecular weight excluding hydrogens is 901 g/mol. The van der Waals surface area contributed by atoms with E-state index in [9.17, 15) is 5.26 Å². The van der Waals surface area contributed by atoms with Gasteiger partial charge in [0.1, 0.15) is 11.3 Å². The Morgan fingerprint density at radius 2 is 0.716 bits per heavy atom. The summed E-state index contributed by atoms with van der Waals surface area (Å²) in [4.78, 5) is 3.94. The average molecular weight is 941 g/mol. The third-order valence-corrected chi connectivity index (χ3v) is 15.1. The highest BCUT2D eigenvalue weighted by Crippen LogP contribution is 2.51. The molecular formula is C68H40N6. The number of para-hydroxylation sites is 6. The average Bonchev–Trinajstić information content (AvgIpc) is 4.30. The maximum absolute atomic E-state index is 10.4. The summed E-state index contributed by atoms with van der Waals surface area (Å²) in [6, 6.07) is 88.4. The zero-order valence-corrected chi connectivity index (χ0v) is 39.8. The van der Waals surface area contributed by atoms with Crippen molar-refractivity contribution in [2.24, 2.45) is 0 Å². The van der Waals surface area contributed by atoms with Crippen LogP contribution in [0, 0.1) is 17.9 Å². The fourth-order valence-electron chi connectivity index (χ4n) is 12.3. The van der Waals surface area contributed by atoms with E-state index in [1.54, 1.807) is 0 Å². The third kappa shape index (κ3) is 5.79. The van der Waals surface area contributed by atoms with E-state index in [1.807, 2.05) is 36.4 Å². The molecule has 15 aromatic rings. The molecule has 4 aromatic heterocycles. The molecule has 6 nitrogen and oxygen atoms in total. The van der Waals surface area contributed by atoms with Gasteiger partial charge < -0.3 is 0 Å². The van der Waals surface area contributed by atoms with Crippen LogP contribution < -0.4 is 0 Å². The zero-order valence-electron chi connectivity index (χ0n) is 39.8. The summed E-state index contributed by atoms with van der Waals surface area (Å²) in [5.41, 5.74) is 16.0. The van der Waals surface area contributed by atoms with Crippen LogP contribution >= 0.6 is 0 Å². The lowest BCUT2D eigenvalue weighted by atomic mass is 9.85. The number of hydrogen-bond donors (Lipinski definition) is 0. The van der Waals surface area contributed by atoms with Crippen LogP contribution in [0.2, 0.25) is 0 Å². The molecule has 0 saturated carbocycles. The molecule has 0 N–H and O–H groups in total. The maximum atomic E-state index is 10.4. The number of rotatable bonds is 6. The van der Waals surface area contributed by atoms with Gasteiger partial charge in [-0.2, -0.15) is 5.26 Å². The highest BCUT2D eigenvalue weighted by molar-refractivity contribution is 6.31. The van der Waals surface area contributed by atoms with Gasteiger partial charge in [-0.1, -0.05) is 176 Å². The first-order valence-corrected chi connectivity index (χ1v) is 24.9. The smallest absolute Gasteiger partial charge is 0.189 e. The van der Waals surface area contributed by atoms with Gasteiger partial charge in [0.05, 0.1) is 40.3 Å². The van der Waals surface area contributed by atoms with E-state index in [0.29, 0.717) is 11.3 Å². The van der Waals surface area contributed by atoms with E-state index >= 15 is 0 Å². The molecule has 4 heterocycles. The molecule has 0 spiro atoms. The number of nitriles is 1. The summed E-state index contributed by atoms with van der Waals surface area (Å²) in [6.07, 6.45) is 0. The van der Waals surface area contributed by atoms with Crippen LogP contribution in [0.3, 0.4) is 0 Å². The Labute approximate surface area is 425 Å². The van der Waals surface area contributed by atoms with Crippen molar-refractivity contribution in [2.45, 2.75) is 0 Å². The first kappa shape index (κ1) is 41.4. The van der Waals surface area contributed by atoms with Gasteiger partial charge in [0, 0.05) is 66.2 Å². The fraction of sp³-hybridized carbons (Fsp3) is 0. The molecule has 0 bridgehead atoms. The second-order valence-corrected chi connectivity index (χ2v) is 19.0. The van der Waals surface area contributed by atoms with Crippen LogP contribution in [-0.2, 0) is 0 Å². The Morgan fingerprint density at radius 3 is 1.18 bits per heavy atom. The number of aromatic nitrogens is 4. The molecule has 342 valence electrons. The third-order valence-electron chi connectivity index (χ3n) is 15.1. The largest absolute Gasteiger partial charge is 0.296 e. The summed E-state index contributed by atoms with van der Waals surface area (Å²) in [5, 5.41) is 21.8. The summed E-state index contributed by atoms with van der Waals surface area (Å²) in [7, 11) is 0. The molecule has 0 saturated heterocycles. The maximum Gasteiger partial charge on any atom is 0.189 e. The van der Waals surface area contributed by atoms with Crippen LogP contribution in [0.4, 0.5) is 5.69 Å². The molecule has 0 amide bonds. The van der Waals surface area contributed by atoms with Gasteiger partial charge in [-0.25, -0.2) is 4.85 Å². The minimum absolute atomic E-state index is 0.581. The Hall–Kier alpha value is -10.4. The predicted molar refractivity (Wildman–Crippen MR) is 306 cm³/mol. The number of hydrogen-bond acceptors (Lipinski definition) is 1. The Bertz CT molecular complexity index is 4550. The van der Waals surface area contributed by atoms with Crippen LogP contribution in [0.25, 0.3) is 137 Å². The van der Waals surface area contributed by atoms with Crippen LogP contribution in [0.5, 0.6) is 0 Å². The predicted octanol–water partition coefficient (Wildman–Crippen LogP) is 17.8. The molecule has 74 heavy (non-hydrogen) atoms. The van der Waals surface area contributed by atoms with E-state index in [1.165, 1.54) is 0 Å². The van der Waals surface area contributed by atoms with Crippen LogP contribution in [0.1, 0.15) is 5.56 Å². The van der Waals surface area contributed by atoms with Gasteiger partial charge in [0.25, 0.3) is 0 Å². The molecule has 0 aliphatic rings. The second kappa shape index (κ2) is 16.1. The summed E-state index contributed by atoms with van der Waals surface area (Å²) in [6.45, 7) is 8.14. The summed E-state index contributed by atoms with van der Waals surface area (Å²) >= 11 is 0. The SMILES string of the molecule is [C-]#[N+]c1cccc(-n2c3c(-c4c5ccccc5c(-c5cccc6c7c8ccccc8n(-c8ccccc8)c7n(-c7cccc(C#N)c7)c56)c5ccccc45)cccc3c3c4ccccc4n(-c4ccccc4)c32)c1. The minimum Gasteiger partial charge on any atom is -0.296 e. The quantitative estimate of drug-likeness (QED) is 0.121. The first-order chi connectivity index (χ1) is 36.7. The molecule has 0 atom stereocenters. The van der Waals surface area contributed by atoms with Crippen molar-refractivity contribution >= 4 is 92.9 Å². The highest BCUT2D eigenvalue weighted by atomic mass is 15.2. The Kier molecular flexibility index (Phi) is 8.99. The molecule has 0 aliphatic carbocycles. The number of benzene rings is 11. The molecule has 0 aliphatic heterocycles. The van der Waals surface area contributed by atoms with E-state index in [2.05, 4.69) is 235 Å². The summed E-state index contributed by atoms with van der Waals surface area (Å²) < 4.78 is 9.56. The molecule has 0 radical (unpaired) electrons. The van der Waals surface area contributed by atoms with E-state index in [-0.39, 0.29) is 0 Å². The molecule has 15 rings (SSSR count). The number of fused-ring (bicyclic) bond motifs is 12. The van der Waals surface area contributed by atoms with Crippen molar-refractivity contribution in [3.05, 3.63) is 260 Å². The van der Waals surface area contributed by atoms with E-state index < -0.39 is 0 Å². The first-order valence-electron chi connectivity index (χ1n) is 24.9. The van der Waals surface area contributed by atoms with Gasteiger partial charge >= 0.3 is 0 Å². The molecule has 11 aromatic carbocycles. The summed E-state index contributed by atoms with van der Waals surface area (Å²) in [5.74, 6) is 0. The second-order valence-electron chi connectivity index (χ2n) is 19.0. The van der Waals surface area contributed by atoms with Crippen molar-refractivity contribution in [1.82, 2.24) is 18.3 Å². The fourth-order valence-corrected chi connectivity index (χ4v) is 12.3. The minimum atomic E-state index is 0.581. The van der Waals surface area contributed by atoms with Gasteiger partial charge in [0.15, 0.2) is 5.69 Å².